The minimum atomic E-state index is 0.228. The average Bonchev–Trinajstić information content (AvgIpc) is 2.85. The number of hydrogen-bond donors (Lipinski definition) is 1. The summed E-state index contributed by atoms with van der Waals surface area (Å²) >= 11 is 6.91. The van der Waals surface area contributed by atoms with Crippen LogP contribution < -0.4 is 10.5 Å². The molecule has 2 N–H and O–H groups in total. The third-order valence-electron chi connectivity index (χ3n) is 2.44. The molecule has 0 saturated carbocycles. The summed E-state index contributed by atoms with van der Waals surface area (Å²) in [5, 5.41) is 7.79. The molecular formula is C12H13Br2N3O2. The van der Waals surface area contributed by atoms with Crippen LogP contribution in [0.4, 0.5) is 0 Å². The van der Waals surface area contributed by atoms with Gasteiger partial charge in [-0.25, -0.2) is 0 Å². The Bertz CT molecular complexity index is 549. The molecule has 1 heterocycles. The van der Waals surface area contributed by atoms with Crippen molar-refractivity contribution in [3.8, 4) is 5.75 Å². The van der Waals surface area contributed by atoms with Crippen LogP contribution in [-0.2, 0) is 19.6 Å². The number of rotatable bonds is 5. The van der Waals surface area contributed by atoms with E-state index in [1.165, 1.54) is 0 Å². The summed E-state index contributed by atoms with van der Waals surface area (Å²) in [6, 6.07) is 3.84. The van der Waals surface area contributed by atoms with Gasteiger partial charge in [-0.15, -0.1) is 10.2 Å². The van der Waals surface area contributed by atoms with Gasteiger partial charge in [0.1, 0.15) is 5.75 Å². The van der Waals surface area contributed by atoms with Crippen LogP contribution in [0.5, 0.6) is 5.75 Å². The number of aromatic nitrogens is 2. The predicted molar refractivity (Wildman–Crippen MR) is 77.7 cm³/mol. The van der Waals surface area contributed by atoms with Gasteiger partial charge in [0.25, 0.3) is 5.89 Å². The molecule has 1 aromatic carbocycles. The topological polar surface area (TPSA) is 74.2 Å². The van der Waals surface area contributed by atoms with Gasteiger partial charge in [0.2, 0.25) is 5.89 Å². The summed E-state index contributed by atoms with van der Waals surface area (Å²) in [5.74, 6) is 1.75. The molecule has 0 aliphatic rings. The molecule has 0 amide bonds. The van der Waals surface area contributed by atoms with E-state index in [1.807, 2.05) is 19.1 Å². The molecule has 2 rings (SSSR count). The van der Waals surface area contributed by atoms with Crippen LogP contribution in [-0.4, -0.2) is 10.2 Å². The van der Waals surface area contributed by atoms with Gasteiger partial charge >= 0.3 is 0 Å². The van der Waals surface area contributed by atoms with Gasteiger partial charge in [0.05, 0.1) is 8.95 Å². The first-order valence-corrected chi connectivity index (χ1v) is 7.34. The Balaban J connectivity index is 2.11. The van der Waals surface area contributed by atoms with Crippen molar-refractivity contribution in [3.05, 3.63) is 38.4 Å². The molecule has 0 radical (unpaired) electrons. The second-order valence-corrected chi connectivity index (χ2v) is 5.53. The van der Waals surface area contributed by atoms with Crippen LogP contribution in [0.3, 0.4) is 0 Å². The van der Waals surface area contributed by atoms with Crippen LogP contribution in [0.15, 0.2) is 25.5 Å². The van der Waals surface area contributed by atoms with Gasteiger partial charge in [-0.1, -0.05) is 6.92 Å². The van der Waals surface area contributed by atoms with Crippen LogP contribution in [0.25, 0.3) is 0 Å². The first kappa shape index (κ1) is 14.5. The maximum atomic E-state index is 5.68. The van der Waals surface area contributed by atoms with Crippen molar-refractivity contribution in [3.63, 3.8) is 0 Å². The maximum absolute atomic E-state index is 5.68. The van der Waals surface area contributed by atoms with E-state index < -0.39 is 0 Å². The zero-order chi connectivity index (χ0) is 13.8. The van der Waals surface area contributed by atoms with Crippen molar-refractivity contribution in [1.82, 2.24) is 10.2 Å². The Morgan fingerprint density at radius 2 is 1.84 bits per heavy atom. The highest BCUT2D eigenvalue weighted by Gasteiger charge is 2.11. The molecule has 0 fully saturated rings. The standard InChI is InChI=1S/C12H13Br2N3O2/c1-2-10-16-17-11(19-10)6-18-12-8(13)3-7(5-15)4-9(12)14/h3-4H,2,5-6,15H2,1H3. The second-order valence-electron chi connectivity index (χ2n) is 3.82. The number of halogens is 2. The number of benzene rings is 1. The Morgan fingerprint density at radius 1 is 1.21 bits per heavy atom. The zero-order valence-corrected chi connectivity index (χ0v) is 13.5. The summed E-state index contributed by atoms with van der Waals surface area (Å²) in [6.07, 6.45) is 0.714. The zero-order valence-electron chi connectivity index (χ0n) is 10.3. The highest BCUT2D eigenvalue weighted by atomic mass is 79.9. The van der Waals surface area contributed by atoms with Crippen molar-refractivity contribution in [1.29, 1.82) is 0 Å². The quantitative estimate of drug-likeness (QED) is 0.848. The van der Waals surface area contributed by atoms with E-state index >= 15 is 0 Å². The predicted octanol–water partition coefficient (Wildman–Crippen LogP) is 3.19. The van der Waals surface area contributed by atoms with E-state index in [1.54, 1.807) is 0 Å². The Labute approximate surface area is 127 Å². The third kappa shape index (κ3) is 3.55. The van der Waals surface area contributed by atoms with Gasteiger partial charge in [-0.3, -0.25) is 0 Å². The van der Waals surface area contributed by atoms with Crippen LogP contribution in [0.2, 0.25) is 0 Å². The van der Waals surface area contributed by atoms with Gasteiger partial charge in [-0.05, 0) is 49.6 Å². The van der Waals surface area contributed by atoms with E-state index in [4.69, 9.17) is 14.9 Å². The fourth-order valence-electron chi connectivity index (χ4n) is 1.49. The number of nitrogens with two attached hydrogens (primary N) is 1. The van der Waals surface area contributed by atoms with E-state index in [-0.39, 0.29) is 6.61 Å². The molecule has 0 unspecified atom stereocenters. The summed E-state index contributed by atoms with van der Waals surface area (Å²) in [5.41, 5.74) is 6.62. The summed E-state index contributed by atoms with van der Waals surface area (Å²) in [4.78, 5) is 0. The molecule has 0 bridgehead atoms. The van der Waals surface area contributed by atoms with E-state index in [0.717, 1.165) is 14.5 Å². The van der Waals surface area contributed by atoms with E-state index in [2.05, 4.69) is 42.1 Å². The van der Waals surface area contributed by atoms with E-state index in [9.17, 15) is 0 Å². The highest BCUT2D eigenvalue weighted by Crippen LogP contribution is 2.35. The lowest BCUT2D eigenvalue weighted by Gasteiger charge is -2.10. The monoisotopic (exact) mass is 389 g/mol. The number of nitrogens with zero attached hydrogens (tertiary/aromatic N) is 2. The largest absolute Gasteiger partial charge is 0.481 e. The molecule has 0 aliphatic heterocycles. The summed E-state index contributed by atoms with van der Waals surface area (Å²) in [7, 11) is 0. The molecular weight excluding hydrogens is 378 g/mol. The van der Waals surface area contributed by atoms with Crippen LogP contribution >= 0.6 is 31.9 Å². The van der Waals surface area contributed by atoms with Gasteiger partial charge in [0, 0.05) is 13.0 Å². The minimum Gasteiger partial charge on any atom is -0.481 e. The van der Waals surface area contributed by atoms with Crippen molar-refractivity contribution in [2.24, 2.45) is 5.73 Å². The summed E-state index contributed by atoms with van der Waals surface area (Å²) in [6.45, 7) is 2.66. The molecule has 2 aromatic rings. The summed E-state index contributed by atoms with van der Waals surface area (Å²) < 4.78 is 12.7. The molecule has 7 heteroatoms. The Morgan fingerprint density at radius 3 is 2.37 bits per heavy atom. The first-order valence-electron chi connectivity index (χ1n) is 5.76. The van der Waals surface area contributed by atoms with Gasteiger partial charge < -0.3 is 14.9 Å². The lowest BCUT2D eigenvalue weighted by molar-refractivity contribution is 0.256. The Kier molecular flexibility index (Phi) is 4.95. The molecule has 0 atom stereocenters. The smallest absolute Gasteiger partial charge is 0.253 e. The fraction of sp³-hybridized carbons (Fsp3) is 0.333. The van der Waals surface area contributed by atoms with Crippen molar-refractivity contribution >= 4 is 31.9 Å². The molecule has 0 spiro atoms. The fourth-order valence-corrected chi connectivity index (χ4v) is 3.00. The van der Waals surface area contributed by atoms with Gasteiger partial charge in [-0.2, -0.15) is 0 Å². The first-order chi connectivity index (χ1) is 9.13. The molecule has 1 aromatic heterocycles. The normalized spacial score (nSPS) is 10.7. The maximum Gasteiger partial charge on any atom is 0.253 e. The van der Waals surface area contributed by atoms with Crippen molar-refractivity contribution in [2.45, 2.75) is 26.5 Å². The second kappa shape index (κ2) is 6.49. The van der Waals surface area contributed by atoms with E-state index in [0.29, 0.717) is 30.5 Å². The number of aryl methyl sites for hydroxylation is 1. The molecule has 5 nitrogen and oxygen atoms in total. The van der Waals surface area contributed by atoms with Crippen molar-refractivity contribution in [2.75, 3.05) is 0 Å². The van der Waals surface area contributed by atoms with Gasteiger partial charge in [0.15, 0.2) is 6.61 Å². The van der Waals surface area contributed by atoms with Crippen LogP contribution in [0, 0.1) is 0 Å². The highest BCUT2D eigenvalue weighted by molar-refractivity contribution is 9.11. The lowest BCUT2D eigenvalue weighted by Crippen LogP contribution is -2.00. The number of hydrogen-bond acceptors (Lipinski definition) is 5. The molecule has 102 valence electrons. The number of ether oxygens (including phenoxy) is 1. The minimum absolute atomic E-state index is 0.228. The van der Waals surface area contributed by atoms with Crippen LogP contribution in [0.1, 0.15) is 24.3 Å². The molecule has 0 aliphatic carbocycles. The molecule has 19 heavy (non-hydrogen) atoms. The molecule has 0 saturated heterocycles. The average molecular weight is 391 g/mol. The lowest BCUT2D eigenvalue weighted by atomic mass is 10.2. The Hall–Kier alpha value is -0.920. The SMILES string of the molecule is CCc1nnc(COc2c(Br)cc(CN)cc2Br)o1. The van der Waals surface area contributed by atoms with Crippen molar-refractivity contribution < 1.29 is 9.15 Å². The third-order valence-corrected chi connectivity index (χ3v) is 3.62.